The minimum atomic E-state index is 0.400. The van der Waals surface area contributed by atoms with Crippen molar-refractivity contribution in [1.82, 2.24) is 15.0 Å². The summed E-state index contributed by atoms with van der Waals surface area (Å²) in [6.07, 6.45) is 1.68. The first-order chi connectivity index (χ1) is 6.33. The smallest absolute Gasteiger partial charge is 0.215 e. The number of H-pyrrole nitrogens is 1. The van der Waals surface area contributed by atoms with Crippen LogP contribution in [0, 0.1) is 0 Å². The van der Waals surface area contributed by atoms with Crippen LogP contribution in [0.25, 0.3) is 11.0 Å². The van der Waals surface area contributed by atoms with E-state index < -0.39 is 0 Å². The van der Waals surface area contributed by atoms with Gasteiger partial charge in [0.15, 0.2) is 0 Å². The number of pyridine rings is 1. The van der Waals surface area contributed by atoms with E-state index in [9.17, 15) is 0 Å². The largest absolute Gasteiger partial charge is 0.481 e. The molecule has 2 heterocycles. The zero-order valence-corrected chi connectivity index (χ0v) is 7.24. The molecule has 0 atom stereocenters. The summed E-state index contributed by atoms with van der Waals surface area (Å²) in [6, 6.07) is 1.77. The third kappa shape index (κ3) is 1.33. The number of aromatic nitrogens is 3. The van der Waals surface area contributed by atoms with Crippen LogP contribution in [0.5, 0.6) is 5.88 Å². The molecule has 0 aromatic carbocycles. The number of aromatic amines is 1. The van der Waals surface area contributed by atoms with E-state index in [1.807, 2.05) is 0 Å². The molecule has 0 fully saturated rings. The third-order valence-electron chi connectivity index (χ3n) is 1.79. The van der Waals surface area contributed by atoms with Gasteiger partial charge in [0.05, 0.1) is 30.9 Å². The second-order valence-electron chi connectivity index (χ2n) is 2.63. The Morgan fingerprint density at radius 1 is 1.62 bits per heavy atom. The summed E-state index contributed by atoms with van der Waals surface area (Å²) in [5, 5.41) is 0. The SMILES string of the molecule is COc1cc2nc(CN)[nH]c2cn1. The molecular formula is C8H10N4O. The van der Waals surface area contributed by atoms with Crippen LogP contribution in [0.2, 0.25) is 0 Å². The zero-order valence-electron chi connectivity index (χ0n) is 7.24. The van der Waals surface area contributed by atoms with Crippen molar-refractivity contribution in [3.05, 3.63) is 18.1 Å². The quantitative estimate of drug-likeness (QED) is 0.698. The molecular weight excluding hydrogens is 168 g/mol. The lowest BCUT2D eigenvalue weighted by Crippen LogP contribution is -1.97. The fourth-order valence-corrected chi connectivity index (χ4v) is 1.15. The standard InChI is InChI=1S/C8H10N4O/c1-13-8-2-5-6(4-10-8)12-7(3-9)11-5/h2,4H,3,9H2,1H3,(H,11,12). The van der Waals surface area contributed by atoms with Crippen molar-refractivity contribution >= 4 is 11.0 Å². The fourth-order valence-electron chi connectivity index (χ4n) is 1.15. The van der Waals surface area contributed by atoms with Crippen LogP contribution in [0.15, 0.2) is 12.3 Å². The number of hydrogen-bond acceptors (Lipinski definition) is 4. The van der Waals surface area contributed by atoms with Gasteiger partial charge in [0.1, 0.15) is 5.82 Å². The van der Waals surface area contributed by atoms with Gasteiger partial charge in [-0.3, -0.25) is 0 Å². The van der Waals surface area contributed by atoms with E-state index in [1.165, 1.54) is 0 Å². The lowest BCUT2D eigenvalue weighted by atomic mass is 10.4. The van der Waals surface area contributed by atoms with Crippen LogP contribution in [0.1, 0.15) is 5.82 Å². The molecule has 5 heteroatoms. The first kappa shape index (κ1) is 8.00. The van der Waals surface area contributed by atoms with Crippen molar-refractivity contribution in [1.29, 1.82) is 0 Å². The van der Waals surface area contributed by atoms with Gasteiger partial charge in [-0.25, -0.2) is 9.97 Å². The summed E-state index contributed by atoms with van der Waals surface area (Å²) >= 11 is 0. The number of imidazole rings is 1. The summed E-state index contributed by atoms with van der Waals surface area (Å²) in [5.74, 6) is 1.31. The van der Waals surface area contributed by atoms with Crippen LogP contribution >= 0.6 is 0 Å². The van der Waals surface area contributed by atoms with Gasteiger partial charge in [0.2, 0.25) is 5.88 Å². The zero-order chi connectivity index (χ0) is 9.26. The van der Waals surface area contributed by atoms with E-state index >= 15 is 0 Å². The van der Waals surface area contributed by atoms with Crippen molar-refractivity contribution < 1.29 is 4.74 Å². The molecule has 0 unspecified atom stereocenters. The van der Waals surface area contributed by atoms with Gasteiger partial charge in [0.25, 0.3) is 0 Å². The molecule has 68 valence electrons. The van der Waals surface area contributed by atoms with Crippen LogP contribution in [0.3, 0.4) is 0 Å². The second kappa shape index (κ2) is 3.02. The predicted molar refractivity (Wildman–Crippen MR) is 48.3 cm³/mol. The highest BCUT2D eigenvalue weighted by molar-refractivity contribution is 5.74. The Balaban J connectivity index is 2.57. The molecule has 0 aliphatic heterocycles. The number of rotatable bonds is 2. The van der Waals surface area contributed by atoms with Crippen LogP contribution in [-0.2, 0) is 6.54 Å². The molecule has 13 heavy (non-hydrogen) atoms. The van der Waals surface area contributed by atoms with Gasteiger partial charge in [-0.1, -0.05) is 0 Å². The first-order valence-corrected chi connectivity index (χ1v) is 3.92. The van der Waals surface area contributed by atoms with Crippen molar-refractivity contribution in [2.45, 2.75) is 6.54 Å². The highest BCUT2D eigenvalue weighted by Crippen LogP contribution is 2.14. The van der Waals surface area contributed by atoms with Crippen molar-refractivity contribution in [3.8, 4) is 5.88 Å². The number of hydrogen-bond donors (Lipinski definition) is 2. The van der Waals surface area contributed by atoms with Gasteiger partial charge in [-0.2, -0.15) is 0 Å². The van der Waals surface area contributed by atoms with Gasteiger partial charge < -0.3 is 15.5 Å². The molecule has 0 aliphatic carbocycles. The number of ether oxygens (including phenoxy) is 1. The van der Waals surface area contributed by atoms with E-state index in [0.717, 1.165) is 16.9 Å². The molecule has 3 N–H and O–H groups in total. The molecule has 0 aliphatic rings. The molecule has 0 radical (unpaired) electrons. The Bertz CT molecular complexity index is 421. The number of nitrogens with one attached hydrogen (secondary N) is 1. The lowest BCUT2D eigenvalue weighted by Gasteiger charge is -1.95. The van der Waals surface area contributed by atoms with Crippen molar-refractivity contribution in [2.24, 2.45) is 5.73 Å². The summed E-state index contributed by atoms with van der Waals surface area (Å²) in [4.78, 5) is 11.3. The first-order valence-electron chi connectivity index (χ1n) is 3.92. The monoisotopic (exact) mass is 178 g/mol. The Hall–Kier alpha value is -1.62. The van der Waals surface area contributed by atoms with E-state index in [2.05, 4.69) is 15.0 Å². The Morgan fingerprint density at radius 2 is 2.46 bits per heavy atom. The predicted octanol–water partition coefficient (Wildman–Crippen LogP) is 0.425. The average molecular weight is 178 g/mol. The number of fused-ring (bicyclic) bond motifs is 1. The second-order valence-corrected chi connectivity index (χ2v) is 2.63. The molecule has 2 aromatic rings. The van der Waals surface area contributed by atoms with Crippen LogP contribution in [-0.4, -0.2) is 22.1 Å². The topological polar surface area (TPSA) is 76.8 Å². The van der Waals surface area contributed by atoms with E-state index in [-0.39, 0.29) is 0 Å². The Kier molecular flexibility index (Phi) is 1.86. The molecule has 0 bridgehead atoms. The van der Waals surface area contributed by atoms with E-state index in [4.69, 9.17) is 10.5 Å². The summed E-state index contributed by atoms with van der Waals surface area (Å²) in [5.41, 5.74) is 7.14. The third-order valence-corrected chi connectivity index (χ3v) is 1.79. The molecule has 0 spiro atoms. The Morgan fingerprint density at radius 3 is 3.15 bits per heavy atom. The van der Waals surface area contributed by atoms with Gasteiger partial charge in [0, 0.05) is 6.07 Å². The van der Waals surface area contributed by atoms with Crippen LogP contribution in [0.4, 0.5) is 0 Å². The summed E-state index contributed by atoms with van der Waals surface area (Å²) < 4.78 is 4.97. The maximum Gasteiger partial charge on any atom is 0.215 e. The highest BCUT2D eigenvalue weighted by Gasteiger charge is 2.02. The number of methoxy groups -OCH3 is 1. The lowest BCUT2D eigenvalue weighted by molar-refractivity contribution is 0.398. The molecule has 0 saturated heterocycles. The molecule has 0 amide bonds. The summed E-state index contributed by atoms with van der Waals surface area (Å²) in [6.45, 7) is 0.400. The van der Waals surface area contributed by atoms with Gasteiger partial charge in [-0.15, -0.1) is 0 Å². The molecule has 2 aromatic heterocycles. The Labute approximate surface area is 74.9 Å². The minimum absolute atomic E-state index is 0.400. The van der Waals surface area contributed by atoms with E-state index in [0.29, 0.717) is 12.4 Å². The molecule has 2 rings (SSSR count). The highest BCUT2D eigenvalue weighted by atomic mass is 16.5. The number of nitrogens with two attached hydrogens (primary N) is 1. The van der Waals surface area contributed by atoms with Gasteiger partial charge >= 0.3 is 0 Å². The molecule has 5 nitrogen and oxygen atoms in total. The maximum atomic E-state index is 5.44. The fraction of sp³-hybridized carbons (Fsp3) is 0.250. The maximum absolute atomic E-state index is 5.44. The van der Waals surface area contributed by atoms with Crippen LogP contribution < -0.4 is 10.5 Å². The number of nitrogens with zero attached hydrogens (tertiary/aromatic N) is 2. The molecule has 0 saturated carbocycles. The minimum Gasteiger partial charge on any atom is -0.481 e. The average Bonchev–Trinajstić information content (AvgIpc) is 2.58. The van der Waals surface area contributed by atoms with Crippen molar-refractivity contribution in [2.75, 3.05) is 7.11 Å². The summed E-state index contributed by atoms with van der Waals surface area (Å²) in [7, 11) is 1.57. The van der Waals surface area contributed by atoms with Gasteiger partial charge in [-0.05, 0) is 0 Å². The normalized spacial score (nSPS) is 10.6. The van der Waals surface area contributed by atoms with Crippen molar-refractivity contribution in [3.63, 3.8) is 0 Å². The van der Waals surface area contributed by atoms with E-state index in [1.54, 1.807) is 19.4 Å².